The lowest BCUT2D eigenvalue weighted by Gasteiger charge is -2.13. The van der Waals surface area contributed by atoms with Crippen molar-refractivity contribution < 1.29 is 27.8 Å². The van der Waals surface area contributed by atoms with Crippen molar-refractivity contribution >= 4 is 11.7 Å². The Balaban J connectivity index is 1.84. The first kappa shape index (κ1) is 24.8. The molecule has 9 heteroatoms. The van der Waals surface area contributed by atoms with Crippen molar-refractivity contribution in [2.75, 3.05) is 20.3 Å². The minimum Gasteiger partial charge on any atom is -0.483 e. The highest BCUT2D eigenvalue weighted by molar-refractivity contribution is 5.99. The molecular formula is C25H24F2N2O5. The third kappa shape index (κ3) is 6.35. The summed E-state index contributed by atoms with van der Waals surface area (Å²) in [6.07, 6.45) is 0.930. The molecule has 1 aromatic heterocycles. The van der Waals surface area contributed by atoms with Crippen molar-refractivity contribution in [1.82, 2.24) is 10.3 Å². The number of rotatable bonds is 11. The number of amides is 1. The van der Waals surface area contributed by atoms with E-state index in [0.717, 1.165) is 23.9 Å². The van der Waals surface area contributed by atoms with Gasteiger partial charge >= 0.3 is 0 Å². The Morgan fingerprint density at radius 1 is 1.09 bits per heavy atom. The Morgan fingerprint density at radius 3 is 2.56 bits per heavy atom. The number of ether oxygens (including phenoxy) is 2. The fourth-order valence-electron chi connectivity index (χ4n) is 3.22. The molecule has 0 bridgehead atoms. The number of Topliss-reactive ketones (excluding diaryl/α,β-unsaturated/α-hetero) is 1. The number of benzene rings is 2. The number of ketones is 1. The number of carbonyl (C=O) groups excluding carboxylic acids is 2. The van der Waals surface area contributed by atoms with Gasteiger partial charge in [0, 0.05) is 32.3 Å². The summed E-state index contributed by atoms with van der Waals surface area (Å²) < 4.78 is 37.6. The Morgan fingerprint density at radius 2 is 1.85 bits per heavy atom. The predicted octanol–water partition coefficient (Wildman–Crippen LogP) is 3.42. The molecule has 0 radical (unpaired) electrons. The standard InChI is InChI=1S/C25H24F2N2O5/c1-33-12-11-28-25(32)22-24(34-15-16-5-3-2-4-6-16)23(31)19(14-29-22)21(30)10-8-17-7-9-18(26)13-20(17)27/h2-7,9,13-14H,8,10-12,15H2,1H3,(H,28,32)(H,29,31). The zero-order chi connectivity index (χ0) is 24.5. The summed E-state index contributed by atoms with van der Waals surface area (Å²) in [7, 11) is 1.49. The van der Waals surface area contributed by atoms with Gasteiger partial charge < -0.3 is 19.8 Å². The number of pyridine rings is 1. The predicted molar refractivity (Wildman–Crippen MR) is 121 cm³/mol. The number of hydrogen-bond acceptors (Lipinski definition) is 5. The second-order valence-electron chi connectivity index (χ2n) is 7.42. The van der Waals surface area contributed by atoms with E-state index in [9.17, 15) is 23.2 Å². The van der Waals surface area contributed by atoms with Gasteiger partial charge in [-0.1, -0.05) is 36.4 Å². The average molecular weight is 470 g/mol. The van der Waals surface area contributed by atoms with Crippen LogP contribution < -0.4 is 15.5 Å². The Kier molecular flexibility index (Phi) is 8.64. The van der Waals surface area contributed by atoms with E-state index < -0.39 is 28.8 Å². The lowest BCUT2D eigenvalue weighted by Crippen LogP contribution is -2.31. The van der Waals surface area contributed by atoms with Crippen LogP contribution in [0.4, 0.5) is 8.78 Å². The summed E-state index contributed by atoms with van der Waals surface area (Å²) in [5.74, 6) is -2.94. The summed E-state index contributed by atoms with van der Waals surface area (Å²) in [4.78, 5) is 41.1. The molecule has 1 amide bonds. The topological polar surface area (TPSA) is 97.5 Å². The van der Waals surface area contributed by atoms with E-state index >= 15 is 0 Å². The number of aromatic amines is 1. The second kappa shape index (κ2) is 11.9. The highest BCUT2D eigenvalue weighted by Crippen LogP contribution is 2.17. The molecule has 3 aromatic rings. The maximum absolute atomic E-state index is 13.9. The number of carbonyl (C=O) groups is 2. The second-order valence-corrected chi connectivity index (χ2v) is 7.42. The molecule has 3 rings (SSSR count). The van der Waals surface area contributed by atoms with Crippen LogP contribution in [0.15, 0.2) is 59.5 Å². The highest BCUT2D eigenvalue weighted by atomic mass is 19.1. The summed E-state index contributed by atoms with van der Waals surface area (Å²) >= 11 is 0. The Labute approximate surface area is 194 Å². The molecule has 2 aromatic carbocycles. The molecule has 0 aliphatic rings. The molecule has 0 aliphatic heterocycles. The van der Waals surface area contributed by atoms with Crippen LogP contribution in [0.1, 0.15) is 38.4 Å². The molecule has 0 saturated carbocycles. The minimum atomic E-state index is -0.767. The fraction of sp³-hybridized carbons (Fsp3) is 0.240. The van der Waals surface area contributed by atoms with Crippen LogP contribution in [0.25, 0.3) is 0 Å². The van der Waals surface area contributed by atoms with Crippen LogP contribution in [0.2, 0.25) is 0 Å². The van der Waals surface area contributed by atoms with Gasteiger partial charge in [-0.25, -0.2) is 8.78 Å². The number of H-pyrrole nitrogens is 1. The van der Waals surface area contributed by atoms with E-state index in [0.29, 0.717) is 0 Å². The van der Waals surface area contributed by atoms with Crippen molar-refractivity contribution in [3.05, 3.63) is 99.0 Å². The SMILES string of the molecule is COCCNC(=O)c1[nH]cc(C(=O)CCc2ccc(F)cc2F)c(=O)c1OCc1ccccc1. The van der Waals surface area contributed by atoms with Crippen molar-refractivity contribution in [2.24, 2.45) is 0 Å². The van der Waals surface area contributed by atoms with Gasteiger partial charge in [0.2, 0.25) is 5.43 Å². The lowest BCUT2D eigenvalue weighted by molar-refractivity contribution is 0.0923. The van der Waals surface area contributed by atoms with Crippen LogP contribution in [0.3, 0.4) is 0 Å². The van der Waals surface area contributed by atoms with E-state index in [1.54, 1.807) is 24.3 Å². The van der Waals surface area contributed by atoms with Crippen LogP contribution in [-0.2, 0) is 17.8 Å². The molecule has 0 saturated heterocycles. The molecule has 0 fully saturated rings. The largest absolute Gasteiger partial charge is 0.483 e. The van der Waals surface area contributed by atoms with Gasteiger partial charge in [0.1, 0.15) is 18.2 Å². The average Bonchev–Trinajstić information content (AvgIpc) is 2.83. The summed E-state index contributed by atoms with van der Waals surface area (Å²) in [6, 6.07) is 12.1. The molecular weight excluding hydrogens is 446 g/mol. The van der Waals surface area contributed by atoms with E-state index in [1.807, 2.05) is 6.07 Å². The number of aryl methyl sites for hydroxylation is 1. The monoisotopic (exact) mass is 470 g/mol. The smallest absolute Gasteiger partial charge is 0.271 e. The van der Waals surface area contributed by atoms with Crippen molar-refractivity contribution in [3.63, 3.8) is 0 Å². The van der Waals surface area contributed by atoms with Crippen LogP contribution in [0, 0.1) is 11.6 Å². The first-order chi connectivity index (χ1) is 16.4. The van der Waals surface area contributed by atoms with Gasteiger partial charge in [0.15, 0.2) is 17.2 Å². The lowest BCUT2D eigenvalue weighted by atomic mass is 10.0. The van der Waals surface area contributed by atoms with Crippen LogP contribution in [0.5, 0.6) is 5.75 Å². The van der Waals surface area contributed by atoms with Crippen LogP contribution >= 0.6 is 0 Å². The normalized spacial score (nSPS) is 10.7. The van der Waals surface area contributed by atoms with Crippen molar-refractivity contribution in [1.29, 1.82) is 0 Å². The van der Waals surface area contributed by atoms with E-state index in [-0.39, 0.29) is 55.2 Å². The first-order valence-corrected chi connectivity index (χ1v) is 10.6. The maximum atomic E-state index is 13.9. The minimum absolute atomic E-state index is 0.000700. The zero-order valence-corrected chi connectivity index (χ0v) is 18.5. The van der Waals surface area contributed by atoms with Gasteiger partial charge in [-0.05, 0) is 23.6 Å². The molecule has 0 aliphatic carbocycles. The molecule has 0 unspecified atom stereocenters. The molecule has 178 valence electrons. The molecule has 1 heterocycles. The van der Waals surface area contributed by atoms with Crippen molar-refractivity contribution in [3.8, 4) is 5.75 Å². The molecule has 0 atom stereocenters. The van der Waals surface area contributed by atoms with Crippen LogP contribution in [-0.4, -0.2) is 36.9 Å². The van der Waals surface area contributed by atoms with E-state index in [1.165, 1.54) is 13.2 Å². The summed E-state index contributed by atoms with van der Waals surface area (Å²) in [6.45, 7) is 0.479. The number of hydrogen-bond donors (Lipinski definition) is 2. The van der Waals surface area contributed by atoms with Gasteiger partial charge in [-0.2, -0.15) is 0 Å². The van der Waals surface area contributed by atoms with Gasteiger partial charge in [0.05, 0.1) is 12.2 Å². The van der Waals surface area contributed by atoms with Gasteiger partial charge in [0.25, 0.3) is 5.91 Å². The third-order valence-electron chi connectivity index (χ3n) is 5.02. The molecule has 2 N–H and O–H groups in total. The van der Waals surface area contributed by atoms with E-state index in [2.05, 4.69) is 10.3 Å². The Bertz CT molecular complexity index is 1210. The quantitative estimate of drug-likeness (QED) is 0.331. The number of nitrogens with one attached hydrogen (secondary N) is 2. The number of aromatic nitrogens is 1. The maximum Gasteiger partial charge on any atom is 0.271 e. The highest BCUT2D eigenvalue weighted by Gasteiger charge is 2.22. The number of methoxy groups -OCH3 is 1. The summed E-state index contributed by atoms with van der Waals surface area (Å²) in [5, 5.41) is 2.60. The number of halogens is 2. The zero-order valence-electron chi connectivity index (χ0n) is 18.5. The third-order valence-corrected chi connectivity index (χ3v) is 5.02. The van der Waals surface area contributed by atoms with Crippen molar-refractivity contribution in [2.45, 2.75) is 19.4 Å². The van der Waals surface area contributed by atoms with Gasteiger partial charge in [-0.3, -0.25) is 14.4 Å². The molecule has 0 spiro atoms. The molecule has 7 nitrogen and oxygen atoms in total. The summed E-state index contributed by atoms with van der Waals surface area (Å²) in [5.41, 5.74) is -0.189. The molecule has 34 heavy (non-hydrogen) atoms. The fourth-order valence-corrected chi connectivity index (χ4v) is 3.22. The Hall–Kier alpha value is -3.85. The van der Waals surface area contributed by atoms with E-state index in [4.69, 9.17) is 9.47 Å². The van der Waals surface area contributed by atoms with Gasteiger partial charge in [-0.15, -0.1) is 0 Å². The first-order valence-electron chi connectivity index (χ1n) is 10.6.